The van der Waals surface area contributed by atoms with Crippen LogP contribution in [0.2, 0.25) is 0 Å². The van der Waals surface area contributed by atoms with Gasteiger partial charge in [-0.25, -0.2) is 4.39 Å². The van der Waals surface area contributed by atoms with Crippen LogP contribution in [-0.4, -0.2) is 15.2 Å². The summed E-state index contributed by atoms with van der Waals surface area (Å²) in [6, 6.07) is 3.84. The minimum atomic E-state index is -0.568. The average molecular weight is 234 g/mol. The van der Waals surface area contributed by atoms with Gasteiger partial charge in [-0.1, -0.05) is 12.1 Å². The molecule has 1 heterocycles. The Hall–Kier alpha value is -1.91. The number of nitrogens with zero attached hydrogens (tertiary/aromatic N) is 2. The summed E-state index contributed by atoms with van der Waals surface area (Å²) >= 11 is 0. The molecule has 1 fully saturated rings. The van der Waals surface area contributed by atoms with Crippen molar-refractivity contribution in [3.63, 3.8) is 0 Å². The van der Waals surface area contributed by atoms with Gasteiger partial charge in [-0.2, -0.15) is 4.98 Å². The quantitative estimate of drug-likeness (QED) is 0.867. The van der Waals surface area contributed by atoms with Crippen LogP contribution < -0.4 is 0 Å². The maximum Gasteiger partial charge on any atom is 0.260 e. The van der Waals surface area contributed by atoms with E-state index in [4.69, 9.17) is 9.63 Å². The molecular formula is C12H11FN2O2. The van der Waals surface area contributed by atoms with Crippen molar-refractivity contribution in [1.29, 1.82) is 0 Å². The van der Waals surface area contributed by atoms with Crippen molar-refractivity contribution >= 4 is 0 Å². The third-order valence-corrected chi connectivity index (χ3v) is 3.15. The molecule has 1 aliphatic rings. The van der Waals surface area contributed by atoms with E-state index in [9.17, 15) is 4.39 Å². The summed E-state index contributed by atoms with van der Waals surface area (Å²) in [6.45, 7) is 2.05. The van der Waals surface area contributed by atoms with Gasteiger partial charge in [-0.3, -0.25) is 0 Å². The number of aromatic nitrogens is 2. The summed E-state index contributed by atoms with van der Waals surface area (Å²) in [7, 11) is 0. The lowest BCUT2D eigenvalue weighted by atomic mass is 10.1. The van der Waals surface area contributed by atoms with Gasteiger partial charge in [-0.05, 0) is 25.0 Å². The number of phenols is 1. The second-order valence-electron chi connectivity index (χ2n) is 4.65. The smallest absolute Gasteiger partial charge is 0.260 e. The highest BCUT2D eigenvalue weighted by Gasteiger charge is 2.43. The lowest BCUT2D eigenvalue weighted by Crippen LogP contribution is -2.01. The van der Waals surface area contributed by atoms with E-state index >= 15 is 0 Å². The molecule has 88 valence electrons. The molecule has 2 aromatic rings. The fraction of sp³-hybridized carbons (Fsp3) is 0.333. The molecule has 0 radical (unpaired) electrons. The largest absolute Gasteiger partial charge is 0.508 e. The number of phenolic OH excluding ortho intramolecular Hbond substituents is 1. The molecule has 17 heavy (non-hydrogen) atoms. The normalized spacial score (nSPS) is 17.1. The molecule has 1 aromatic carbocycles. The predicted molar refractivity (Wildman–Crippen MR) is 57.9 cm³/mol. The fourth-order valence-corrected chi connectivity index (χ4v) is 1.67. The summed E-state index contributed by atoms with van der Waals surface area (Å²) in [5.74, 6) is 0.0897. The zero-order chi connectivity index (χ0) is 12.0. The highest BCUT2D eigenvalue weighted by molar-refractivity contribution is 5.55. The zero-order valence-corrected chi connectivity index (χ0v) is 9.27. The second-order valence-corrected chi connectivity index (χ2v) is 4.65. The molecule has 1 aliphatic carbocycles. The van der Waals surface area contributed by atoms with E-state index in [-0.39, 0.29) is 22.6 Å². The van der Waals surface area contributed by atoms with E-state index in [1.54, 1.807) is 0 Å². The minimum Gasteiger partial charge on any atom is -0.508 e. The van der Waals surface area contributed by atoms with Crippen molar-refractivity contribution in [2.24, 2.45) is 0 Å². The highest BCUT2D eigenvalue weighted by atomic mass is 19.1. The van der Waals surface area contributed by atoms with Crippen LogP contribution in [0.4, 0.5) is 4.39 Å². The topological polar surface area (TPSA) is 59.2 Å². The van der Waals surface area contributed by atoms with Crippen LogP contribution in [0.5, 0.6) is 5.75 Å². The molecule has 0 unspecified atom stereocenters. The molecule has 1 N–H and O–H groups in total. The molecular weight excluding hydrogens is 223 g/mol. The molecule has 0 saturated heterocycles. The van der Waals surface area contributed by atoms with Gasteiger partial charge in [0.25, 0.3) is 5.89 Å². The van der Waals surface area contributed by atoms with Gasteiger partial charge < -0.3 is 9.63 Å². The molecule has 1 aromatic heterocycles. The zero-order valence-electron chi connectivity index (χ0n) is 9.27. The van der Waals surface area contributed by atoms with Crippen molar-refractivity contribution in [1.82, 2.24) is 10.1 Å². The maximum absolute atomic E-state index is 13.6. The molecule has 4 nitrogen and oxygen atoms in total. The molecule has 1 saturated carbocycles. The lowest BCUT2D eigenvalue weighted by Gasteiger charge is -1.98. The molecule has 0 spiro atoms. The first kappa shape index (κ1) is 10.3. The van der Waals surface area contributed by atoms with E-state index < -0.39 is 5.82 Å². The number of aromatic hydroxyl groups is 1. The first-order chi connectivity index (χ1) is 8.08. The lowest BCUT2D eigenvalue weighted by molar-refractivity contribution is 0.413. The Labute approximate surface area is 97.1 Å². The minimum absolute atomic E-state index is 0.00482. The standard InChI is InChI=1S/C12H11FN2O2/c1-12(4-5-12)11-14-10(17-15-11)8-3-2-7(16)6-9(8)13/h2-3,6,16H,4-5H2,1H3. The Balaban J connectivity index is 2.01. The van der Waals surface area contributed by atoms with Crippen molar-refractivity contribution < 1.29 is 14.0 Å². The SMILES string of the molecule is CC1(c2noc(-c3ccc(O)cc3F)n2)CC1. The third kappa shape index (κ3) is 1.67. The molecule has 0 bridgehead atoms. The molecule has 0 amide bonds. The van der Waals surface area contributed by atoms with Crippen molar-refractivity contribution in [2.45, 2.75) is 25.2 Å². The summed E-state index contributed by atoms with van der Waals surface area (Å²) in [6.07, 6.45) is 2.06. The van der Waals surface area contributed by atoms with Crippen LogP contribution in [0, 0.1) is 5.82 Å². The van der Waals surface area contributed by atoms with Gasteiger partial charge in [0, 0.05) is 11.5 Å². The third-order valence-electron chi connectivity index (χ3n) is 3.15. The van der Waals surface area contributed by atoms with Crippen LogP contribution in [0.3, 0.4) is 0 Å². The van der Waals surface area contributed by atoms with Crippen LogP contribution in [-0.2, 0) is 5.41 Å². The Morgan fingerprint density at radius 2 is 2.18 bits per heavy atom. The Morgan fingerprint density at radius 3 is 2.82 bits per heavy atom. The number of hydrogen-bond donors (Lipinski definition) is 1. The Morgan fingerprint density at radius 1 is 1.41 bits per heavy atom. The molecule has 5 heteroatoms. The average Bonchev–Trinajstić information content (AvgIpc) is 2.85. The van der Waals surface area contributed by atoms with Gasteiger partial charge in [0.05, 0.1) is 5.56 Å². The molecule has 0 aliphatic heterocycles. The fourth-order valence-electron chi connectivity index (χ4n) is 1.67. The van der Waals surface area contributed by atoms with Crippen molar-refractivity contribution in [2.75, 3.05) is 0 Å². The van der Waals surface area contributed by atoms with Crippen LogP contribution in [0.25, 0.3) is 11.5 Å². The van der Waals surface area contributed by atoms with Gasteiger partial charge in [-0.15, -0.1) is 0 Å². The summed E-state index contributed by atoms with van der Waals surface area (Å²) in [4.78, 5) is 4.21. The molecule has 0 atom stereocenters. The van der Waals surface area contributed by atoms with E-state index in [2.05, 4.69) is 17.1 Å². The van der Waals surface area contributed by atoms with Gasteiger partial charge >= 0.3 is 0 Å². The second kappa shape index (κ2) is 3.29. The monoisotopic (exact) mass is 234 g/mol. The van der Waals surface area contributed by atoms with Crippen LogP contribution >= 0.6 is 0 Å². The number of halogens is 1. The van der Waals surface area contributed by atoms with E-state index in [1.165, 1.54) is 12.1 Å². The van der Waals surface area contributed by atoms with E-state index in [0.717, 1.165) is 18.9 Å². The highest BCUT2D eigenvalue weighted by Crippen LogP contribution is 2.46. The van der Waals surface area contributed by atoms with Crippen molar-refractivity contribution in [3.8, 4) is 17.2 Å². The summed E-state index contributed by atoms with van der Waals surface area (Å²) in [5, 5.41) is 13.0. The van der Waals surface area contributed by atoms with Crippen LogP contribution in [0.15, 0.2) is 22.7 Å². The molecule has 3 rings (SSSR count). The maximum atomic E-state index is 13.6. The first-order valence-corrected chi connectivity index (χ1v) is 5.42. The first-order valence-electron chi connectivity index (χ1n) is 5.42. The summed E-state index contributed by atoms with van der Waals surface area (Å²) < 4.78 is 18.6. The van der Waals surface area contributed by atoms with Gasteiger partial charge in [0.15, 0.2) is 5.82 Å². The van der Waals surface area contributed by atoms with Gasteiger partial charge in [0.2, 0.25) is 0 Å². The van der Waals surface area contributed by atoms with E-state index in [1.807, 2.05) is 0 Å². The summed E-state index contributed by atoms with van der Waals surface area (Å²) in [5.41, 5.74) is 0.209. The number of hydrogen-bond acceptors (Lipinski definition) is 4. The van der Waals surface area contributed by atoms with E-state index in [0.29, 0.717) is 5.82 Å². The Bertz CT molecular complexity index is 576. The Kier molecular flexibility index (Phi) is 1.98. The van der Waals surface area contributed by atoms with Crippen molar-refractivity contribution in [3.05, 3.63) is 29.8 Å². The number of rotatable bonds is 2. The predicted octanol–water partition coefficient (Wildman–Crippen LogP) is 2.63. The van der Waals surface area contributed by atoms with Gasteiger partial charge in [0.1, 0.15) is 11.6 Å². The van der Waals surface area contributed by atoms with Crippen LogP contribution in [0.1, 0.15) is 25.6 Å². The number of benzene rings is 1.